The lowest BCUT2D eigenvalue weighted by atomic mass is 9.66. The highest BCUT2D eigenvalue weighted by Crippen LogP contribution is 2.45. The molecule has 0 radical (unpaired) electrons. The van der Waals surface area contributed by atoms with Gasteiger partial charge in [0.05, 0.1) is 6.04 Å². The van der Waals surface area contributed by atoms with Gasteiger partial charge in [0, 0.05) is 5.92 Å². The van der Waals surface area contributed by atoms with Crippen LogP contribution in [0.15, 0.2) is 23.2 Å². The van der Waals surface area contributed by atoms with Crippen molar-refractivity contribution in [1.29, 1.82) is 0 Å². The van der Waals surface area contributed by atoms with E-state index in [0.29, 0.717) is 12.8 Å². The summed E-state index contributed by atoms with van der Waals surface area (Å²) in [6.07, 6.45) is 2.34. The van der Waals surface area contributed by atoms with E-state index in [9.17, 15) is 24.9 Å². The quantitative estimate of drug-likeness (QED) is 0.637. The van der Waals surface area contributed by atoms with Crippen LogP contribution in [0.25, 0.3) is 0 Å². The van der Waals surface area contributed by atoms with Gasteiger partial charge in [0.1, 0.15) is 17.1 Å². The summed E-state index contributed by atoms with van der Waals surface area (Å²) in [4.78, 5) is 25.7. The van der Waals surface area contributed by atoms with Crippen molar-refractivity contribution in [1.82, 2.24) is 4.90 Å². The number of hydrogen-bond acceptors (Lipinski definition) is 6. The van der Waals surface area contributed by atoms with E-state index in [4.69, 9.17) is 0 Å². The van der Waals surface area contributed by atoms with Crippen molar-refractivity contribution < 1.29 is 24.9 Å². The zero-order valence-electron chi connectivity index (χ0n) is 11.8. The van der Waals surface area contributed by atoms with Crippen molar-refractivity contribution in [2.24, 2.45) is 5.92 Å². The average molecular weight is 281 g/mol. The summed E-state index contributed by atoms with van der Waals surface area (Å²) >= 11 is 0. The molecule has 0 heterocycles. The minimum Gasteiger partial charge on any atom is -0.509 e. The van der Waals surface area contributed by atoms with Gasteiger partial charge in [0.2, 0.25) is 0 Å². The zero-order valence-corrected chi connectivity index (χ0v) is 11.8. The lowest BCUT2D eigenvalue weighted by Crippen LogP contribution is -2.60. The number of likely N-dealkylation sites (N-methyl/N-ethyl adjacent to an activating group) is 1. The molecule has 6 nitrogen and oxygen atoms in total. The van der Waals surface area contributed by atoms with E-state index in [0.717, 1.165) is 6.92 Å². The molecule has 0 bridgehead atoms. The third-order valence-corrected chi connectivity index (χ3v) is 4.14. The summed E-state index contributed by atoms with van der Waals surface area (Å²) in [6.45, 7) is 1.16. The highest BCUT2D eigenvalue weighted by molar-refractivity contribution is 6.22. The Bertz CT molecular complexity index is 534. The molecule has 0 aromatic heterocycles. The number of ketones is 2. The summed E-state index contributed by atoms with van der Waals surface area (Å²) in [5.41, 5.74) is -2.48. The smallest absolute Gasteiger partial charge is 0.187 e. The molecule has 2 unspecified atom stereocenters. The van der Waals surface area contributed by atoms with Gasteiger partial charge < -0.3 is 15.3 Å². The number of carbonyl (C=O) groups excluding carboxylic acids is 2. The van der Waals surface area contributed by atoms with Crippen LogP contribution in [0.4, 0.5) is 0 Å². The molecule has 0 amide bonds. The molecule has 2 rings (SSSR count). The summed E-state index contributed by atoms with van der Waals surface area (Å²) in [5.74, 6) is -2.94. The van der Waals surface area contributed by atoms with Gasteiger partial charge >= 0.3 is 0 Å². The van der Waals surface area contributed by atoms with E-state index in [-0.39, 0.29) is 0 Å². The molecule has 2 aliphatic rings. The van der Waals surface area contributed by atoms with Crippen LogP contribution in [-0.2, 0) is 9.59 Å². The monoisotopic (exact) mass is 281 g/mol. The summed E-state index contributed by atoms with van der Waals surface area (Å²) in [6, 6.07) is -0.759. The molecule has 6 heteroatoms. The maximum atomic E-state index is 12.4. The highest BCUT2D eigenvalue weighted by Gasteiger charge is 2.58. The van der Waals surface area contributed by atoms with E-state index in [1.165, 1.54) is 6.08 Å². The Labute approximate surface area is 117 Å². The number of Topliss-reactive ketones (excluding diaryl/α,β-unsaturated/α-hetero) is 2. The summed E-state index contributed by atoms with van der Waals surface area (Å²) in [7, 11) is 3.33. The minimum absolute atomic E-state index is 0.399. The number of hydrogen-bond donors (Lipinski definition) is 3. The molecule has 0 aromatic carbocycles. The lowest BCUT2D eigenvalue weighted by molar-refractivity contribution is -0.135. The number of aliphatic hydroxyl groups excluding tert-OH is 2. The second kappa shape index (κ2) is 4.71. The number of rotatable bonds is 2. The Morgan fingerprint density at radius 2 is 2.00 bits per heavy atom. The predicted molar refractivity (Wildman–Crippen MR) is 71.2 cm³/mol. The zero-order chi connectivity index (χ0) is 15.2. The molecular formula is C14H19NO5. The summed E-state index contributed by atoms with van der Waals surface area (Å²) in [5, 5.41) is 30.9. The molecule has 3 N–H and O–H groups in total. The third kappa shape index (κ3) is 1.79. The first-order valence-electron chi connectivity index (χ1n) is 6.50. The lowest BCUT2D eigenvalue weighted by Gasteiger charge is -2.46. The first kappa shape index (κ1) is 14.7. The second-order valence-electron chi connectivity index (χ2n) is 5.59. The Morgan fingerprint density at radius 3 is 2.50 bits per heavy atom. The van der Waals surface area contributed by atoms with Gasteiger partial charge in [-0.3, -0.25) is 14.5 Å². The van der Waals surface area contributed by atoms with E-state index in [1.54, 1.807) is 19.0 Å². The predicted octanol–water partition coefficient (Wildman–Crippen LogP) is 0.483. The maximum absolute atomic E-state index is 12.4. The van der Waals surface area contributed by atoms with Gasteiger partial charge in [-0.25, -0.2) is 0 Å². The molecule has 0 fully saturated rings. The molecule has 20 heavy (non-hydrogen) atoms. The van der Waals surface area contributed by atoms with Gasteiger partial charge in [0.25, 0.3) is 0 Å². The van der Waals surface area contributed by atoms with Crippen molar-refractivity contribution in [3.63, 3.8) is 0 Å². The summed E-state index contributed by atoms with van der Waals surface area (Å²) < 4.78 is 0. The van der Waals surface area contributed by atoms with Crippen molar-refractivity contribution in [2.45, 2.75) is 31.4 Å². The van der Waals surface area contributed by atoms with Crippen LogP contribution < -0.4 is 0 Å². The number of aliphatic hydroxyl groups is 3. The van der Waals surface area contributed by atoms with Crippen molar-refractivity contribution in [3.05, 3.63) is 23.2 Å². The standard InChI is InChI=1S/C14H19NO5/c1-7(16)10-12(18)11(15(2)3)8-5-4-6-9(17)14(8,20)13(10)19/h6,8,11,17,19-20H,4-5H2,1-3H3/t8?,11?,14-/m0/s1. The minimum atomic E-state index is -2.05. The van der Waals surface area contributed by atoms with E-state index < -0.39 is 46.2 Å². The second-order valence-corrected chi connectivity index (χ2v) is 5.59. The van der Waals surface area contributed by atoms with Crippen LogP contribution in [0.1, 0.15) is 19.8 Å². The Balaban J connectivity index is 2.72. The highest BCUT2D eigenvalue weighted by atomic mass is 16.4. The van der Waals surface area contributed by atoms with Crippen LogP contribution in [0.5, 0.6) is 0 Å². The van der Waals surface area contributed by atoms with Crippen LogP contribution in [0.2, 0.25) is 0 Å². The molecule has 110 valence electrons. The third-order valence-electron chi connectivity index (χ3n) is 4.14. The molecule has 0 spiro atoms. The topological polar surface area (TPSA) is 98.1 Å². The molecule has 3 atom stereocenters. The Morgan fingerprint density at radius 1 is 1.40 bits per heavy atom. The first-order chi connectivity index (χ1) is 9.22. The first-order valence-corrected chi connectivity index (χ1v) is 6.50. The molecule has 0 saturated heterocycles. The number of carbonyl (C=O) groups is 2. The van der Waals surface area contributed by atoms with E-state index >= 15 is 0 Å². The number of fused-ring (bicyclic) bond motifs is 1. The maximum Gasteiger partial charge on any atom is 0.187 e. The van der Waals surface area contributed by atoms with E-state index in [1.807, 2.05) is 0 Å². The molecule has 0 saturated carbocycles. The largest absolute Gasteiger partial charge is 0.509 e. The fourth-order valence-electron chi connectivity index (χ4n) is 3.21. The molecular weight excluding hydrogens is 262 g/mol. The SMILES string of the molecule is CC(=O)C1=C(O)[C@@]2(O)C(O)=CCCC2C(N(C)C)C1=O. The Hall–Kier alpha value is -1.66. The Kier molecular flexibility index (Phi) is 3.47. The molecule has 2 aliphatic carbocycles. The van der Waals surface area contributed by atoms with Crippen LogP contribution >= 0.6 is 0 Å². The van der Waals surface area contributed by atoms with Crippen LogP contribution in [0.3, 0.4) is 0 Å². The van der Waals surface area contributed by atoms with Crippen molar-refractivity contribution >= 4 is 11.6 Å². The van der Waals surface area contributed by atoms with Crippen molar-refractivity contribution in [3.8, 4) is 0 Å². The van der Waals surface area contributed by atoms with Gasteiger partial charge in [0.15, 0.2) is 17.2 Å². The van der Waals surface area contributed by atoms with Gasteiger partial charge in [-0.05, 0) is 39.9 Å². The van der Waals surface area contributed by atoms with Gasteiger partial charge in [-0.2, -0.15) is 0 Å². The molecule has 0 aliphatic heterocycles. The van der Waals surface area contributed by atoms with Crippen molar-refractivity contribution in [2.75, 3.05) is 14.1 Å². The average Bonchev–Trinajstić information content (AvgIpc) is 2.32. The van der Waals surface area contributed by atoms with Gasteiger partial charge in [-0.1, -0.05) is 0 Å². The number of nitrogens with zero attached hydrogens (tertiary/aromatic N) is 1. The normalized spacial score (nSPS) is 34.0. The number of allylic oxidation sites excluding steroid dienone is 1. The molecule has 0 aromatic rings. The fraction of sp³-hybridized carbons (Fsp3) is 0.571. The fourth-order valence-corrected chi connectivity index (χ4v) is 3.21. The van der Waals surface area contributed by atoms with Gasteiger partial charge in [-0.15, -0.1) is 0 Å². The van der Waals surface area contributed by atoms with Crippen LogP contribution in [-0.4, -0.2) is 57.5 Å². The van der Waals surface area contributed by atoms with E-state index in [2.05, 4.69) is 0 Å². The van der Waals surface area contributed by atoms with Crippen LogP contribution in [0, 0.1) is 5.92 Å².